The van der Waals surface area contributed by atoms with Crippen molar-refractivity contribution in [3.05, 3.63) is 24.3 Å². The summed E-state index contributed by atoms with van der Waals surface area (Å²) in [6.45, 7) is 1.70. The van der Waals surface area contributed by atoms with Crippen molar-refractivity contribution >= 4 is 11.6 Å². The second-order valence-corrected chi connectivity index (χ2v) is 5.52. The van der Waals surface area contributed by atoms with Crippen molar-refractivity contribution in [3.63, 3.8) is 0 Å². The van der Waals surface area contributed by atoms with Crippen LogP contribution in [0.3, 0.4) is 0 Å². The molecule has 6 heteroatoms. The van der Waals surface area contributed by atoms with Crippen molar-refractivity contribution in [2.75, 3.05) is 39.2 Å². The zero-order valence-electron chi connectivity index (χ0n) is 13.2. The predicted molar refractivity (Wildman–Crippen MR) is 86.1 cm³/mol. The molecule has 0 bridgehead atoms. The fourth-order valence-electron chi connectivity index (χ4n) is 2.82. The highest BCUT2D eigenvalue weighted by Gasteiger charge is 2.28. The number of carbonyl (C=O) groups excluding carboxylic acids is 1. The van der Waals surface area contributed by atoms with Gasteiger partial charge in [-0.1, -0.05) is 6.07 Å². The van der Waals surface area contributed by atoms with Gasteiger partial charge in [-0.15, -0.1) is 0 Å². The van der Waals surface area contributed by atoms with Gasteiger partial charge in [-0.3, -0.25) is 9.69 Å². The maximum atomic E-state index is 12.2. The van der Waals surface area contributed by atoms with Crippen molar-refractivity contribution in [2.45, 2.75) is 25.0 Å². The zero-order chi connectivity index (χ0) is 15.9. The van der Waals surface area contributed by atoms with Crippen molar-refractivity contribution in [3.8, 4) is 5.75 Å². The van der Waals surface area contributed by atoms with Crippen LogP contribution in [-0.4, -0.2) is 56.8 Å². The number of carbonyl (C=O) groups is 1. The quantitative estimate of drug-likeness (QED) is 0.822. The summed E-state index contributed by atoms with van der Waals surface area (Å²) in [5.41, 5.74) is 6.57. The van der Waals surface area contributed by atoms with E-state index in [4.69, 9.17) is 15.2 Å². The Labute approximate surface area is 131 Å². The number of benzene rings is 1. The van der Waals surface area contributed by atoms with Crippen LogP contribution >= 0.6 is 0 Å². The van der Waals surface area contributed by atoms with E-state index in [9.17, 15) is 4.79 Å². The van der Waals surface area contributed by atoms with Crippen LogP contribution in [0.4, 0.5) is 5.69 Å². The van der Waals surface area contributed by atoms with E-state index in [1.54, 1.807) is 20.3 Å². The smallest absolute Gasteiger partial charge is 0.238 e. The third-order valence-corrected chi connectivity index (χ3v) is 4.10. The third-order valence-electron chi connectivity index (χ3n) is 4.10. The molecule has 122 valence electrons. The van der Waals surface area contributed by atoms with Gasteiger partial charge in [-0.05, 0) is 25.0 Å². The van der Waals surface area contributed by atoms with Gasteiger partial charge in [0.2, 0.25) is 5.91 Å². The lowest BCUT2D eigenvalue weighted by molar-refractivity contribution is -0.118. The number of ether oxygens (including phenoxy) is 2. The lowest BCUT2D eigenvalue weighted by atomic mass is 9.99. The monoisotopic (exact) mass is 307 g/mol. The van der Waals surface area contributed by atoms with Gasteiger partial charge in [-0.25, -0.2) is 0 Å². The number of nitrogens with two attached hydrogens (primary N) is 1. The Morgan fingerprint density at radius 3 is 2.95 bits per heavy atom. The summed E-state index contributed by atoms with van der Waals surface area (Å²) in [5.74, 6) is 0.682. The molecule has 22 heavy (non-hydrogen) atoms. The maximum absolute atomic E-state index is 12.2. The fraction of sp³-hybridized carbons (Fsp3) is 0.562. The molecule has 0 spiro atoms. The van der Waals surface area contributed by atoms with Gasteiger partial charge in [-0.2, -0.15) is 0 Å². The van der Waals surface area contributed by atoms with E-state index in [1.807, 2.05) is 18.2 Å². The van der Waals surface area contributed by atoms with Crippen molar-refractivity contribution in [2.24, 2.45) is 5.73 Å². The molecular weight excluding hydrogens is 282 g/mol. The molecule has 2 rings (SSSR count). The number of rotatable bonds is 6. The number of nitrogens with zero attached hydrogens (tertiary/aromatic N) is 1. The van der Waals surface area contributed by atoms with Gasteiger partial charge in [0.15, 0.2) is 0 Å². The molecule has 1 aromatic carbocycles. The molecule has 0 aliphatic carbocycles. The minimum atomic E-state index is -0.0393. The largest absolute Gasteiger partial charge is 0.497 e. The van der Waals surface area contributed by atoms with E-state index >= 15 is 0 Å². The summed E-state index contributed by atoms with van der Waals surface area (Å²) in [6.07, 6.45) is 2.05. The second kappa shape index (κ2) is 8.12. The number of nitrogens with one attached hydrogen (secondary N) is 1. The van der Waals surface area contributed by atoms with Crippen LogP contribution in [0.25, 0.3) is 0 Å². The van der Waals surface area contributed by atoms with Crippen LogP contribution in [0.5, 0.6) is 5.75 Å². The van der Waals surface area contributed by atoms with Crippen molar-refractivity contribution < 1.29 is 14.3 Å². The number of anilines is 1. The molecule has 1 fully saturated rings. The number of hydrogen-bond acceptors (Lipinski definition) is 5. The molecule has 2 unspecified atom stereocenters. The molecule has 1 aromatic rings. The normalized spacial score (nSPS) is 22.3. The van der Waals surface area contributed by atoms with Crippen LogP contribution in [-0.2, 0) is 9.53 Å². The standard InChI is InChI=1S/C16H25N3O3/c1-21-14-5-3-4-12(8-14)18-16(20)11-19-7-6-15(22-2)9-13(19)10-17/h3-5,8,13,15H,6-7,9-11,17H2,1-2H3,(H,18,20). The van der Waals surface area contributed by atoms with Crippen LogP contribution < -0.4 is 15.8 Å². The number of likely N-dealkylation sites (tertiary alicyclic amines) is 1. The summed E-state index contributed by atoms with van der Waals surface area (Å²) in [6, 6.07) is 7.53. The molecule has 1 saturated heterocycles. The molecule has 6 nitrogen and oxygen atoms in total. The lowest BCUT2D eigenvalue weighted by Crippen LogP contribution is -2.50. The van der Waals surface area contributed by atoms with Crippen molar-refractivity contribution in [1.82, 2.24) is 4.90 Å². The zero-order valence-corrected chi connectivity index (χ0v) is 13.2. The Hall–Kier alpha value is -1.63. The van der Waals surface area contributed by atoms with Crippen LogP contribution in [0, 0.1) is 0 Å². The summed E-state index contributed by atoms with van der Waals surface area (Å²) in [4.78, 5) is 14.4. The summed E-state index contributed by atoms with van der Waals surface area (Å²) >= 11 is 0. The first kappa shape index (κ1) is 16.7. The predicted octanol–water partition coefficient (Wildman–Crippen LogP) is 1.07. The molecular formula is C16H25N3O3. The van der Waals surface area contributed by atoms with E-state index in [-0.39, 0.29) is 18.1 Å². The highest BCUT2D eigenvalue weighted by molar-refractivity contribution is 5.92. The lowest BCUT2D eigenvalue weighted by Gasteiger charge is -2.37. The SMILES string of the molecule is COc1cccc(NC(=O)CN2CCC(OC)CC2CN)c1. The first-order chi connectivity index (χ1) is 10.7. The van der Waals surface area contributed by atoms with E-state index in [2.05, 4.69) is 10.2 Å². The number of hydrogen-bond donors (Lipinski definition) is 2. The van der Waals surface area contributed by atoms with Crippen molar-refractivity contribution in [1.29, 1.82) is 0 Å². The molecule has 0 radical (unpaired) electrons. The highest BCUT2D eigenvalue weighted by atomic mass is 16.5. The Kier molecular flexibility index (Phi) is 6.18. The molecule has 1 aliphatic heterocycles. The topological polar surface area (TPSA) is 76.8 Å². The highest BCUT2D eigenvalue weighted by Crippen LogP contribution is 2.20. The minimum Gasteiger partial charge on any atom is -0.497 e. The molecule has 2 atom stereocenters. The van der Waals surface area contributed by atoms with Gasteiger partial charge in [0.25, 0.3) is 0 Å². The number of amides is 1. The van der Waals surface area contributed by atoms with Crippen LogP contribution in [0.15, 0.2) is 24.3 Å². The van der Waals surface area contributed by atoms with Gasteiger partial charge < -0.3 is 20.5 Å². The summed E-state index contributed by atoms with van der Waals surface area (Å²) in [5, 5.41) is 2.90. The average Bonchev–Trinajstić information content (AvgIpc) is 2.55. The second-order valence-electron chi connectivity index (χ2n) is 5.52. The number of methoxy groups -OCH3 is 2. The Bertz CT molecular complexity index is 495. The van der Waals surface area contributed by atoms with Gasteiger partial charge in [0.1, 0.15) is 5.75 Å². The molecule has 1 amide bonds. The first-order valence-corrected chi connectivity index (χ1v) is 7.57. The molecule has 1 heterocycles. The number of piperidine rings is 1. The van der Waals surface area contributed by atoms with Crippen LogP contribution in [0.2, 0.25) is 0 Å². The Morgan fingerprint density at radius 1 is 1.45 bits per heavy atom. The van der Waals surface area contributed by atoms with Gasteiger partial charge in [0, 0.05) is 38.0 Å². The summed E-state index contributed by atoms with van der Waals surface area (Å²) in [7, 11) is 3.33. The molecule has 1 aliphatic rings. The van der Waals surface area contributed by atoms with E-state index in [0.717, 1.165) is 30.8 Å². The summed E-state index contributed by atoms with van der Waals surface area (Å²) < 4.78 is 10.6. The van der Waals surface area contributed by atoms with Crippen LogP contribution in [0.1, 0.15) is 12.8 Å². The van der Waals surface area contributed by atoms with Gasteiger partial charge in [0.05, 0.1) is 19.8 Å². The molecule has 0 aromatic heterocycles. The van der Waals surface area contributed by atoms with E-state index in [0.29, 0.717) is 13.1 Å². The first-order valence-electron chi connectivity index (χ1n) is 7.57. The Morgan fingerprint density at radius 2 is 2.27 bits per heavy atom. The maximum Gasteiger partial charge on any atom is 0.238 e. The Balaban J connectivity index is 1.90. The molecule has 0 saturated carbocycles. The van der Waals surface area contributed by atoms with Gasteiger partial charge >= 0.3 is 0 Å². The van der Waals surface area contributed by atoms with E-state index < -0.39 is 0 Å². The minimum absolute atomic E-state index is 0.0393. The third kappa shape index (κ3) is 4.43. The van der Waals surface area contributed by atoms with E-state index in [1.165, 1.54) is 0 Å². The average molecular weight is 307 g/mol. The molecule has 3 N–H and O–H groups in total. The fourth-order valence-corrected chi connectivity index (χ4v) is 2.82.